The zero-order valence-corrected chi connectivity index (χ0v) is 12.0. The van der Waals surface area contributed by atoms with Crippen molar-refractivity contribution in [3.63, 3.8) is 0 Å². The molecule has 3 nitrogen and oxygen atoms in total. The van der Waals surface area contributed by atoms with E-state index in [4.69, 9.17) is 5.73 Å². The van der Waals surface area contributed by atoms with E-state index in [0.717, 1.165) is 13.0 Å². The highest BCUT2D eigenvalue weighted by atomic mass is 16.3. The predicted molar refractivity (Wildman–Crippen MR) is 79.0 cm³/mol. The third-order valence-electron chi connectivity index (χ3n) is 4.25. The first-order valence-electron chi connectivity index (χ1n) is 7.33. The first-order valence-corrected chi connectivity index (χ1v) is 7.33. The van der Waals surface area contributed by atoms with Crippen LogP contribution in [0, 0.1) is 6.92 Å². The average Bonchev–Trinajstić information content (AvgIpc) is 2.41. The molecule has 1 aliphatic heterocycles. The third-order valence-corrected chi connectivity index (χ3v) is 4.25. The molecule has 1 aromatic rings. The van der Waals surface area contributed by atoms with Crippen LogP contribution in [0.1, 0.15) is 43.4 Å². The van der Waals surface area contributed by atoms with Gasteiger partial charge in [0.2, 0.25) is 0 Å². The summed E-state index contributed by atoms with van der Waals surface area (Å²) in [5.41, 5.74) is 8.85. The molecule has 0 saturated carbocycles. The summed E-state index contributed by atoms with van der Waals surface area (Å²) in [6.07, 6.45) is 3.48. The van der Waals surface area contributed by atoms with Crippen LogP contribution in [-0.2, 0) is 0 Å². The monoisotopic (exact) mass is 262 g/mol. The van der Waals surface area contributed by atoms with Gasteiger partial charge < -0.3 is 10.8 Å². The largest absolute Gasteiger partial charge is 0.395 e. The molecular weight excluding hydrogens is 236 g/mol. The highest BCUT2D eigenvalue weighted by Crippen LogP contribution is 2.32. The summed E-state index contributed by atoms with van der Waals surface area (Å²) < 4.78 is 0. The second-order valence-corrected chi connectivity index (χ2v) is 5.73. The number of aliphatic hydroxyl groups excluding tert-OH is 1. The molecule has 0 radical (unpaired) electrons. The van der Waals surface area contributed by atoms with E-state index < -0.39 is 0 Å². The molecule has 0 amide bonds. The van der Waals surface area contributed by atoms with Crippen molar-refractivity contribution in [1.82, 2.24) is 4.90 Å². The molecule has 106 valence electrons. The number of aryl methyl sites for hydroxylation is 1. The van der Waals surface area contributed by atoms with Crippen molar-refractivity contribution in [1.29, 1.82) is 0 Å². The first-order chi connectivity index (χ1) is 9.15. The van der Waals surface area contributed by atoms with Crippen LogP contribution in [0.25, 0.3) is 0 Å². The maximum Gasteiger partial charge on any atom is 0.0587 e. The Morgan fingerprint density at radius 2 is 2.11 bits per heavy atom. The maximum absolute atomic E-state index is 9.63. The minimum Gasteiger partial charge on any atom is -0.395 e. The van der Waals surface area contributed by atoms with Gasteiger partial charge in [-0.05, 0) is 44.4 Å². The number of nitrogens with two attached hydrogens (primary N) is 1. The van der Waals surface area contributed by atoms with E-state index >= 15 is 0 Å². The molecule has 1 aromatic carbocycles. The molecule has 3 unspecified atom stereocenters. The molecule has 0 aromatic heterocycles. The Bertz CT molecular complexity index is 405. The van der Waals surface area contributed by atoms with Crippen LogP contribution in [0.2, 0.25) is 0 Å². The summed E-state index contributed by atoms with van der Waals surface area (Å²) in [5.74, 6) is 0. The second-order valence-electron chi connectivity index (χ2n) is 5.73. The van der Waals surface area contributed by atoms with Crippen LogP contribution in [-0.4, -0.2) is 35.2 Å². The molecule has 0 spiro atoms. The highest BCUT2D eigenvalue weighted by molar-refractivity contribution is 5.30. The van der Waals surface area contributed by atoms with Crippen LogP contribution in [0.5, 0.6) is 0 Å². The average molecular weight is 262 g/mol. The molecule has 19 heavy (non-hydrogen) atoms. The fourth-order valence-electron chi connectivity index (χ4n) is 3.27. The summed E-state index contributed by atoms with van der Waals surface area (Å²) in [6.45, 7) is 5.48. The van der Waals surface area contributed by atoms with Crippen LogP contribution >= 0.6 is 0 Å². The second kappa shape index (κ2) is 6.51. The van der Waals surface area contributed by atoms with Crippen LogP contribution in [0.3, 0.4) is 0 Å². The molecule has 1 heterocycles. The van der Waals surface area contributed by atoms with Crippen molar-refractivity contribution in [2.24, 2.45) is 5.73 Å². The molecule has 1 aliphatic rings. The van der Waals surface area contributed by atoms with Crippen LogP contribution < -0.4 is 5.73 Å². The van der Waals surface area contributed by atoms with Crippen molar-refractivity contribution in [2.75, 3.05) is 13.2 Å². The third kappa shape index (κ3) is 3.16. The van der Waals surface area contributed by atoms with E-state index in [9.17, 15) is 5.11 Å². The van der Waals surface area contributed by atoms with E-state index in [1.54, 1.807) is 0 Å². The summed E-state index contributed by atoms with van der Waals surface area (Å²) in [7, 11) is 0. The van der Waals surface area contributed by atoms with E-state index in [1.165, 1.54) is 24.0 Å². The molecule has 3 atom stereocenters. The van der Waals surface area contributed by atoms with Crippen molar-refractivity contribution >= 4 is 0 Å². The smallest absolute Gasteiger partial charge is 0.0587 e. The summed E-state index contributed by atoms with van der Waals surface area (Å²) in [5, 5.41) is 9.63. The number of hydrogen-bond donors (Lipinski definition) is 2. The maximum atomic E-state index is 9.63. The van der Waals surface area contributed by atoms with E-state index in [0.29, 0.717) is 0 Å². The Labute approximate surface area is 116 Å². The Morgan fingerprint density at radius 3 is 2.74 bits per heavy atom. The van der Waals surface area contributed by atoms with E-state index in [2.05, 4.69) is 43.0 Å². The topological polar surface area (TPSA) is 49.5 Å². The zero-order valence-electron chi connectivity index (χ0n) is 12.0. The fraction of sp³-hybridized carbons (Fsp3) is 0.625. The lowest BCUT2D eigenvalue weighted by molar-refractivity contribution is 0.0442. The predicted octanol–water partition coefficient (Wildman–Crippen LogP) is 2.23. The van der Waals surface area contributed by atoms with Crippen molar-refractivity contribution in [2.45, 2.75) is 51.2 Å². The quantitative estimate of drug-likeness (QED) is 0.875. The van der Waals surface area contributed by atoms with Gasteiger partial charge in [0.25, 0.3) is 0 Å². The zero-order chi connectivity index (χ0) is 13.8. The Hall–Kier alpha value is -0.900. The van der Waals surface area contributed by atoms with Gasteiger partial charge in [-0.15, -0.1) is 0 Å². The van der Waals surface area contributed by atoms with Gasteiger partial charge in [0, 0.05) is 12.1 Å². The lowest BCUT2D eigenvalue weighted by atomic mass is 9.91. The molecule has 2 rings (SSSR count). The normalized spacial score (nSPS) is 24.1. The minimum absolute atomic E-state index is 0.0632. The Morgan fingerprint density at radius 1 is 1.37 bits per heavy atom. The van der Waals surface area contributed by atoms with E-state index in [1.807, 2.05) is 0 Å². The lowest BCUT2D eigenvalue weighted by Crippen LogP contribution is -2.49. The van der Waals surface area contributed by atoms with Gasteiger partial charge in [0.15, 0.2) is 0 Å². The van der Waals surface area contributed by atoms with Crippen LogP contribution in [0.15, 0.2) is 24.3 Å². The number of hydrogen-bond acceptors (Lipinski definition) is 3. The van der Waals surface area contributed by atoms with Crippen molar-refractivity contribution in [3.8, 4) is 0 Å². The number of rotatable bonds is 4. The fourth-order valence-corrected chi connectivity index (χ4v) is 3.27. The van der Waals surface area contributed by atoms with Gasteiger partial charge in [0.05, 0.1) is 12.6 Å². The molecule has 1 saturated heterocycles. The minimum atomic E-state index is 0.0632. The molecular formula is C16H26N2O. The number of nitrogens with zero attached hydrogens (tertiary/aromatic N) is 1. The van der Waals surface area contributed by atoms with Gasteiger partial charge in [-0.2, -0.15) is 0 Å². The van der Waals surface area contributed by atoms with Crippen molar-refractivity contribution in [3.05, 3.63) is 35.4 Å². The molecule has 3 N–H and O–H groups in total. The van der Waals surface area contributed by atoms with Crippen molar-refractivity contribution < 1.29 is 5.11 Å². The van der Waals surface area contributed by atoms with Gasteiger partial charge in [-0.1, -0.05) is 30.7 Å². The molecule has 0 aliphatic carbocycles. The number of piperidine rings is 1. The van der Waals surface area contributed by atoms with Gasteiger partial charge in [-0.3, -0.25) is 4.90 Å². The number of likely N-dealkylation sites (tertiary alicyclic amines) is 1. The SMILES string of the molecule is Cc1ccccc1C(C(C)N)N1CCCCC1CO. The Balaban J connectivity index is 2.32. The first kappa shape index (κ1) is 14.5. The standard InChI is InChI=1S/C16H26N2O/c1-12-7-3-4-9-15(12)16(13(2)17)18-10-6-5-8-14(18)11-19/h3-4,7,9,13-14,16,19H,5-6,8,10-11,17H2,1-2H3. The van der Waals surface area contributed by atoms with Gasteiger partial charge in [0.1, 0.15) is 0 Å². The number of benzene rings is 1. The molecule has 0 bridgehead atoms. The highest BCUT2D eigenvalue weighted by Gasteiger charge is 2.32. The molecule has 1 fully saturated rings. The van der Waals surface area contributed by atoms with Gasteiger partial charge in [-0.25, -0.2) is 0 Å². The summed E-state index contributed by atoms with van der Waals surface area (Å²) >= 11 is 0. The summed E-state index contributed by atoms with van der Waals surface area (Å²) in [6, 6.07) is 8.98. The summed E-state index contributed by atoms with van der Waals surface area (Å²) in [4.78, 5) is 2.41. The van der Waals surface area contributed by atoms with E-state index in [-0.39, 0.29) is 24.7 Å². The lowest BCUT2D eigenvalue weighted by Gasteiger charge is -2.42. The Kier molecular flexibility index (Phi) is 4.97. The molecule has 3 heteroatoms. The van der Waals surface area contributed by atoms with Crippen LogP contribution in [0.4, 0.5) is 0 Å². The number of aliphatic hydroxyl groups is 1. The van der Waals surface area contributed by atoms with Gasteiger partial charge >= 0.3 is 0 Å².